The summed E-state index contributed by atoms with van der Waals surface area (Å²) in [5.74, 6) is 1.37. The molecule has 0 spiro atoms. The first-order valence-corrected chi connectivity index (χ1v) is 6.66. The predicted molar refractivity (Wildman–Crippen MR) is 72.3 cm³/mol. The number of hydrogen-bond donors (Lipinski definition) is 3. The van der Waals surface area contributed by atoms with Crippen LogP contribution in [0.3, 0.4) is 0 Å². The van der Waals surface area contributed by atoms with E-state index in [2.05, 4.69) is 20.5 Å². The van der Waals surface area contributed by atoms with E-state index < -0.39 is 5.97 Å². The fourth-order valence-corrected chi connectivity index (χ4v) is 2.05. The molecule has 104 valence electrons. The van der Waals surface area contributed by atoms with Crippen LogP contribution >= 0.6 is 0 Å². The summed E-state index contributed by atoms with van der Waals surface area (Å²) in [7, 11) is 0. The first kappa shape index (κ1) is 12.8. The van der Waals surface area contributed by atoms with Gasteiger partial charge < -0.3 is 10.4 Å². The second-order valence-electron chi connectivity index (χ2n) is 5.02. The lowest BCUT2D eigenvalue weighted by atomic mass is 10.1. The maximum atomic E-state index is 10.9. The minimum atomic E-state index is -0.906. The Morgan fingerprint density at radius 1 is 1.40 bits per heavy atom. The normalized spacial score (nSPS) is 14.4. The molecule has 6 nitrogen and oxygen atoms in total. The van der Waals surface area contributed by atoms with Gasteiger partial charge >= 0.3 is 5.97 Å². The Morgan fingerprint density at radius 2 is 2.25 bits per heavy atom. The monoisotopic (exact) mass is 272 g/mol. The van der Waals surface area contributed by atoms with Crippen LogP contribution in [0.1, 0.15) is 46.3 Å². The fourth-order valence-electron chi connectivity index (χ4n) is 2.05. The number of nitrogens with zero attached hydrogens (tertiary/aromatic N) is 2. The van der Waals surface area contributed by atoms with Gasteiger partial charge in [-0.15, -0.1) is 0 Å². The van der Waals surface area contributed by atoms with Crippen LogP contribution in [0.5, 0.6) is 0 Å². The number of aromatic carboxylic acids is 1. The third-order valence-electron chi connectivity index (χ3n) is 3.29. The van der Waals surface area contributed by atoms with Crippen LogP contribution in [-0.2, 0) is 13.1 Å². The van der Waals surface area contributed by atoms with Crippen LogP contribution in [0, 0.1) is 0 Å². The van der Waals surface area contributed by atoms with Crippen molar-refractivity contribution >= 4 is 5.97 Å². The maximum Gasteiger partial charge on any atom is 0.335 e. The Labute approximate surface area is 116 Å². The predicted octanol–water partition coefficient (Wildman–Crippen LogP) is 1.67. The van der Waals surface area contributed by atoms with E-state index in [4.69, 9.17) is 5.11 Å². The second-order valence-corrected chi connectivity index (χ2v) is 5.02. The van der Waals surface area contributed by atoms with Gasteiger partial charge in [-0.1, -0.05) is 12.1 Å². The molecule has 0 atom stereocenters. The van der Waals surface area contributed by atoms with Crippen LogP contribution < -0.4 is 5.32 Å². The number of carboxylic acids is 1. The smallest absolute Gasteiger partial charge is 0.335 e. The molecule has 1 fully saturated rings. The SMILES string of the molecule is O=C(O)c1cccc(CNCc2nc(C3CC3)n[nH]2)c1. The Hall–Kier alpha value is -2.21. The van der Waals surface area contributed by atoms with E-state index in [-0.39, 0.29) is 0 Å². The molecule has 1 aromatic carbocycles. The van der Waals surface area contributed by atoms with E-state index in [0.29, 0.717) is 24.6 Å². The third-order valence-corrected chi connectivity index (χ3v) is 3.29. The van der Waals surface area contributed by atoms with Crippen molar-refractivity contribution in [3.63, 3.8) is 0 Å². The van der Waals surface area contributed by atoms with Gasteiger partial charge in [0.15, 0.2) is 5.82 Å². The summed E-state index contributed by atoms with van der Waals surface area (Å²) >= 11 is 0. The molecular weight excluding hydrogens is 256 g/mol. The molecule has 1 aliphatic rings. The van der Waals surface area contributed by atoms with E-state index in [0.717, 1.165) is 17.2 Å². The molecule has 0 amide bonds. The topological polar surface area (TPSA) is 90.9 Å². The van der Waals surface area contributed by atoms with Crippen molar-refractivity contribution in [3.05, 3.63) is 47.0 Å². The van der Waals surface area contributed by atoms with Gasteiger partial charge in [-0.3, -0.25) is 5.10 Å². The molecular formula is C14H16N4O2. The van der Waals surface area contributed by atoms with Gasteiger partial charge in [-0.25, -0.2) is 9.78 Å². The average molecular weight is 272 g/mol. The zero-order valence-corrected chi connectivity index (χ0v) is 11.0. The molecule has 1 saturated carbocycles. The maximum absolute atomic E-state index is 10.9. The van der Waals surface area contributed by atoms with Crippen molar-refractivity contribution in [2.24, 2.45) is 0 Å². The van der Waals surface area contributed by atoms with Crippen LogP contribution in [0.15, 0.2) is 24.3 Å². The van der Waals surface area contributed by atoms with Crippen LogP contribution in [0.4, 0.5) is 0 Å². The average Bonchev–Trinajstić information content (AvgIpc) is 3.19. The second kappa shape index (κ2) is 5.42. The van der Waals surface area contributed by atoms with Gasteiger partial charge in [-0.05, 0) is 30.5 Å². The highest BCUT2D eigenvalue weighted by atomic mass is 16.4. The lowest BCUT2D eigenvalue weighted by Crippen LogP contribution is -2.14. The van der Waals surface area contributed by atoms with Crippen LogP contribution in [0.25, 0.3) is 0 Å². The summed E-state index contributed by atoms with van der Waals surface area (Å²) in [5, 5.41) is 19.3. The molecule has 1 heterocycles. The highest BCUT2D eigenvalue weighted by Gasteiger charge is 2.27. The van der Waals surface area contributed by atoms with Gasteiger partial charge in [0.2, 0.25) is 0 Å². The molecule has 3 N–H and O–H groups in total. The van der Waals surface area contributed by atoms with Gasteiger partial charge in [-0.2, -0.15) is 5.10 Å². The number of rotatable bonds is 6. The number of nitrogens with one attached hydrogen (secondary N) is 2. The van der Waals surface area contributed by atoms with Crippen molar-refractivity contribution in [1.29, 1.82) is 0 Å². The minimum absolute atomic E-state index is 0.306. The first-order chi connectivity index (χ1) is 9.72. The molecule has 6 heteroatoms. The summed E-state index contributed by atoms with van der Waals surface area (Å²) < 4.78 is 0. The molecule has 0 radical (unpaired) electrons. The Balaban J connectivity index is 1.53. The first-order valence-electron chi connectivity index (χ1n) is 6.66. The number of H-pyrrole nitrogens is 1. The van der Waals surface area contributed by atoms with Gasteiger partial charge in [0.25, 0.3) is 0 Å². The molecule has 20 heavy (non-hydrogen) atoms. The molecule has 3 rings (SSSR count). The van der Waals surface area contributed by atoms with Crippen molar-refractivity contribution in [2.75, 3.05) is 0 Å². The van der Waals surface area contributed by atoms with Gasteiger partial charge in [0.1, 0.15) is 5.82 Å². The summed E-state index contributed by atoms with van der Waals surface area (Å²) in [6, 6.07) is 6.91. The fraction of sp³-hybridized carbons (Fsp3) is 0.357. The highest BCUT2D eigenvalue weighted by Crippen LogP contribution is 2.37. The van der Waals surface area contributed by atoms with Gasteiger partial charge in [0.05, 0.1) is 12.1 Å². The van der Waals surface area contributed by atoms with Crippen molar-refractivity contribution in [2.45, 2.75) is 31.8 Å². The van der Waals surface area contributed by atoms with E-state index in [9.17, 15) is 4.79 Å². The molecule has 0 unspecified atom stereocenters. The van der Waals surface area contributed by atoms with E-state index in [1.807, 2.05) is 6.07 Å². The number of aromatic amines is 1. The van der Waals surface area contributed by atoms with Crippen molar-refractivity contribution in [3.8, 4) is 0 Å². The summed E-state index contributed by atoms with van der Waals surface area (Å²) in [5.41, 5.74) is 1.24. The van der Waals surface area contributed by atoms with Crippen molar-refractivity contribution in [1.82, 2.24) is 20.5 Å². The molecule has 0 bridgehead atoms. The molecule has 1 aromatic heterocycles. The lowest BCUT2D eigenvalue weighted by Gasteiger charge is -2.03. The Kier molecular flexibility index (Phi) is 3.47. The summed E-state index contributed by atoms with van der Waals surface area (Å²) in [6.07, 6.45) is 2.37. The van der Waals surface area contributed by atoms with E-state index in [1.54, 1.807) is 18.2 Å². The lowest BCUT2D eigenvalue weighted by molar-refractivity contribution is 0.0696. The third kappa shape index (κ3) is 3.03. The van der Waals surface area contributed by atoms with Crippen molar-refractivity contribution < 1.29 is 9.90 Å². The van der Waals surface area contributed by atoms with Gasteiger partial charge in [0, 0.05) is 12.5 Å². The largest absolute Gasteiger partial charge is 0.478 e. The molecule has 2 aromatic rings. The summed E-state index contributed by atoms with van der Waals surface area (Å²) in [6.45, 7) is 1.19. The van der Waals surface area contributed by atoms with Crippen LogP contribution in [-0.4, -0.2) is 26.3 Å². The number of carboxylic acid groups (broad SMARTS) is 1. The van der Waals surface area contributed by atoms with E-state index >= 15 is 0 Å². The number of hydrogen-bond acceptors (Lipinski definition) is 4. The molecule has 0 saturated heterocycles. The summed E-state index contributed by atoms with van der Waals surface area (Å²) in [4.78, 5) is 15.3. The molecule has 1 aliphatic carbocycles. The standard InChI is InChI=1S/C14H16N4O2/c19-14(20)11-3-1-2-9(6-11)7-15-8-12-16-13(18-17-12)10-4-5-10/h1-3,6,10,15H,4-5,7-8H2,(H,19,20)(H,16,17,18). The molecule has 0 aliphatic heterocycles. The number of aromatic nitrogens is 3. The highest BCUT2D eigenvalue weighted by molar-refractivity contribution is 5.87. The Morgan fingerprint density at radius 3 is 3.00 bits per heavy atom. The Bertz CT molecular complexity index is 619. The number of benzene rings is 1. The number of carbonyl (C=O) groups is 1. The zero-order valence-electron chi connectivity index (χ0n) is 11.0. The van der Waals surface area contributed by atoms with Crippen LogP contribution in [0.2, 0.25) is 0 Å². The minimum Gasteiger partial charge on any atom is -0.478 e. The quantitative estimate of drug-likeness (QED) is 0.744. The van der Waals surface area contributed by atoms with E-state index in [1.165, 1.54) is 12.8 Å². The zero-order chi connectivity index (χ0) is 13.9.